The van der Waals surface area contributed by atoms with Crippen molar-refractivity contribution in [3.8, 4) is 0 Å². The van der Waals surface area contributed by atoms with E-state index in [1.54, 1.807) is 0 Å². The predicted octanol–water partition coefficient (Wildman–Crippen LogP) is 1.83. The molecule has 0 unspecified atom stereocenters. The van der Waals surface area contributed by atoms with Gasteiger partial charge in [-0.15, -0.1) is 0 Å². The van der Waals surface area contributed by atoms with E-state index in [0.717, 1.165) is 45.4 Å². The van der Waals surface area contributed by atoms with Crippen molar-refractivity contribution in [2.24, 2.45) is 11.8 Å². The molecule has 8 heteroatoms. The van der Waals surface area contributed by atoms with Gasteiger partial charge in [0.2, 0.25) is 5.91 Å². The van der Waals surface area contributed by atoms with Gasteiger partial charge in [0, 0.05) is 44.5 Å². The molecule has 4 heterocycles. The molecule has 3 saturated heterocycles. The molecule has 4 atom stereocenters. The predicted molar refractivity (Wildman–Crippen MR) is 119 cm³/mol. The zero-order valence-electron chi connectivity index (χ0n) is 18.3. The molecule has 5 rings (SSSR count). The summed E-state index contributed by atoms with van der Waals surface area (Å²) in [6, 6.07) is 11.1. The van der Waals surface area contributed by atoms with Crippen LogP contribution in [0.1, 0.15) is 36.8 Å². The normalized spacial score (nSPS) is 27.3. The second-order valence-electron chi connectivity index (χ2n) is 9.09. The second-order valence-corrected chi connectivity index (χ2v) is 9.09. The number of carboxylic acid groups (broad SMARTS) is 1. The number of aliphatic hydroxyl groups excluding tert-OH is 1. The van der Waals surface area contributed by atoms with Crippen LogP contribution in [0.2, 0.25) is 0 Å². The van der Waals surface area contributed by atoms with E-state index in [4.69, 9.17) is 9.90 Å². The van der Waals surface area contributed by atoms with Gasteiger partial charge in [0.25, 0.3) is 6.47 Å². The van der Waals surface area contributed by atoms with Crippen LogP contribution in [0, 0.1) is 11.8 Å². The topological polar surface area (TPSA) is 98.9 Å². The number of nitrogens with zero attached hydrogens (tertiary/aromatic N) is 4. The summed E-state index contributed by atoms with van der Waals surface area (Å²) in [4.78, 5) is 25.5. The van der Waals surface area contributed by atoms with Gasteiger partial charge in [0.15, 0.2) is 0 Å². The van der Waals surface area contributed by atoms with Crippen molar-refractivity contribution in [2.45, 2.75) is 50.9 Å². The van der Waals surface area contributed by atoms with Gasteiger partial charge in [0.05, 0.1) is 19.2 Å². The van der Waals surface area contributed by atoms with Gasteiger partial charge in [-0.3, -0.25) is 19.2 Å². The van der Waals surface area contributed by atoms with Gasteiger partial charge in [0.1, 0.15) is 0 Å². The molecule has 3 aliphatic heterocycles. The van der Waals surface area contributed by atoms with E-state index in [1.807, 2.05) is 23.1 Å². The summed E-state index contributed by atoms with van der Waals surface area (Å²) in [7, 11) is 0. The molecule has 1 amide bonds. The third kappa shape index (κ3) is 4.86. The van der Waals surface area contributed by atoms with E-state index in [0.29, 0.717) is 24.3 Å². The minimum atomic E-state index is -0.250. The summed E-state index contributed by atoms with van der Waals surface area (Å²) >= 11 is 0. The third-order valence-electron chi connectivity index (χ3n) is 7.09. The largest absolute Gasteiger partial charge is 0.483 e. The van der Waals surface area contributed by atoms with E-state index in [2.05, 4.69) is 39.2 Å². The zero-order chi connectivity index (χ0) is 22.5. The Labute approximate surface area is 188 Å². The van der Waals surface area contributed by atoms with Crippen LogP contribution in [-0.4, -0.2) is 74.0 Å². The van der Waals surface area contributed by atoms with Crippen LogP contribution in [-0.2, 0) is 22.7 Å². The molecular weight excluding hydrogens is 408 g/mol. The van der Waals surface area contributed by atoms with Crippen LogP contribution in [0.15, 0.2) is 42.7 Å². The number of hydrogen-bond acceptors (Lipinski definition) is 5. The molecule has 3 fully saturated rings. The van der Waals surface area contributed by atoms with Crippen molar-refractivity contribution in [1.82, 2.24) is 19.6 Å². The Hall–Kier alpha value is -2.71. The van der Waals surface area contributed by atoms with Crippen LogP contribution < -0.4 is 0 Å². The van der Waals surface area contributed by atoms with Crippen molar-refractivity contribution in [2.75, 3.05) is 19.7 Å². The number of hydrogen-bond donors (Lipinski definition) is 2. The first-order valence-corrected chi connectivity index (χ1v) is 11.4. The number of benzene rings is 1. The number of fused-ring (bicyclic) bond motifs is 4. The van der Waals surface area contributed by atoms with Gasteiger partial charge in [-0.2, -0.15) is 5.10 Å². The summed E-state index contributed by atoms with van der Waals surface area (Å²) in [5, 5.41) is 21.2. The van der Waals surface area contributed by atoms with Gasteiger partial charge < -0.3 is 15.1 Å². The minimum Gasteiger partial charge on any atom is -0.483 e. The monoisotopic (exact) mass is 440 g/mol. The molecule has 2 bridgehead atoms. The minimum absolute atomic E-state index is 0.00305. The molecule has 0 aliphatic carbocycles. The lowest BCUT2D eigenvalue weighted by molar-refractivity contribution is -0.155. The lowest BCUT2D eigenvalue weighted by Gasteiger charge is -2.56. The Kier molecular flexibility index (Phi) is 7.22. The quantitative estimate of drug-likeness (QED) is 0.689. The molecule has 1 aromatic carbocycles. The van der Waals surface area contributed by atoms with Crippen molar-refractivity contribution in [1.29, 1.82) is 0 Å². The maximum absolute atomic E-state index is 12.5. The van der Waals surface area contributed by atoms with Crippen LogP contribution in [0.3, 0.4) is 0 Å². The fourth-order valence-electron chi connectivity index (χ4n) is 5.83. The standard InChI is InChI=1S/C23H30N4O2.CH2O2/c28-16-22-20-11-19(21-3-1-4-23(29)27(21)22)14-25(15-20)12-17-5-7-18(8-6-17)13-26-10-2-9-24-26;2-1-3/h2,5-10,19-22,28H,1,3-4,11-16H2;1H,(H,2,3)/t19-,20+,21+,22+;/m1./s1. The van der Waals surface area contributed by atoms with Crippen LogP contribution in [0.25, 0.3) is 0 Å². The Morgan fingerprint density at radius 3 is 2.44 bits per heavy atom. The maximum Gasteiger partial charge on any atom is 0.290 e. The van der Waals surface area contributed by atoms with E-state index >= 15 is 0 Å². The summed E-state index contributed by atoms with van der Waals surface area (Å²) in [5.41, 5.74) is 2.58. The SMILES string of the molecule is O=C1CCC[C@H]2[C@@H]3C[C@@H](CN(Cc4ccc(Cn5cccn5)cc4)C3)[C@H](CO)N12.O=CO. The fraction of sp³-hybridized carbons (Fsp3) is 0.542. The lowest BCUT2D eigenvalue weighted by atomic mass is 9.72. The molecule has 2 N–H and O–H groups in total. The maximum atomic E-state index is 12.5. The number of rotatable bonds is 5. The lowest BCUT2D eigenvalue weighted by Crippen LogP contribution is -2.65. The average molecular weight is 441 g/mol. The molecule has 2 aromatic rings. The highest BCUT2D eigenvalue weighted by Crippen LogP contribution is 2.41. The van der Waals surface area contributed by atoms with Crippen LogP contribution in [0.5, 0.6) is 0 Å². The molecular formula is C24H32N4O4. The number of aliphatic hydroxyl groups is 1. The highest BCUT2D eigenvalue weighted by atomic mass is 16.3. The molecule has 0 saturated carbocycles. The summed E-state index contributed by atoms with van der Waals surface area (Å²) < 4.78 is 1.94. The Bertz CT molecular complexity index is 872. The molecule has 1 aromatic heterocycles. The number of carbonyl (C=O) groups excluding carboxylic acids is 1. The average Bonchev–Trinajstić information content (AvgIpc) is 3.30. The van der Waals surface area contributed by atoms with Crippen molar-refractivity contribution >= 4 is 12.4 Å². The second kappa shape index (κ2) is 10.3. The van der Waals surface area contributed by atoms with E-state index in [-0.39, 0.29) is 25.0 Å². The van der Waals surface area contributed by atoms with Crippen LogP contribution in [0.4, 0.5) is 0 Å². The molecule has 3 aliphatic rings. The molecule has 8 nitrogen and oxygen atoms in total. The Morgan fingerprint density at radius 1 is 1.09 bits per heavy atom. The molecule has 32 heavy (non-hydrogen) atoms. The zero-order valence-corrected chi connectivity index (χ0v) is 18.3. The van der Waals surface area contributed by atoms with Crippen molar-refractivity contribution in [3.63, 3.8) is 0 Å². The molecule has 0 radical (unpaired) electrons. The highest BCUT2D eigenvalue weighted by Gasteiger charge is 2.48. The Balaban J connectivity index is 0.000000775. The van der Waals surface area contributed by atoms with Crippen molar-refractivity contribution < 1.29 is 19.8 Å². The smallest absolute Gasteiger partial charge is 0.290 e. The molecule has 172 valence electrons. The van der Waals surface area contributed by atoms with Gasteiger partial charge >= 0.3 is 0 Å². The van der Waals surface area contributed by atoms with Crippen molar-refractivity contribution in [3.05, 3.63) is 53.9 Å². The van der Waals surface area contributed by atoms with Gasteiger partial charge in [-0.25, -0.2) is 0 Å². The van der Waals surface area contributed by atoms with Gasteiger partial charge in [-0.05, 0) is 48.3 Å². The number of carbonyl (C=O) groups is 2. The summed E-state index contributed by atoms with van der Waals surface area (Å²) in [6.45, 7) is 3.60. The van der Waals surface area contributed by atoms with E-state index in [1.165, 1.54) is 11.1 Å². The summed E-state index contributed by atoms with van der Waals surface area (Å²) in [6.07, 6.45) is 7.69. The first-order valence-electron chi connectivity index (χ1n) is 11.4. The number of piperidine rings is 3. The number of likely N-dealkylation sites (tertiary alicyclic amines) is 1. The number of aromatic nitrogens is 2. The highest BCUT2D eigenvalue weighted by molar-refractivity contribution is 5.78. The third-order valence-corrected chi connectivity index (χ3v) is 7.09. The van der Waals surface area contributed by atoms with E-state index in [9.17, 15) is 9.90 Å². The van der Waals surface area contributed by atoms with E-state index < -0.39 is 0 Å². The first kappa shape index (κ1) is 22.5. The first-order chi connectivity index (χ1) is 15.6. The van der Waals surface area contributed by atoms with Gasteiger partial charge in [-0.1, -0.05) is 24.3 Å². The fourth-order valence-corrected chi connectivity index (χ4v) is 5.83. The summed E-state index contributed by atoms with van der Waals surface area (Å²) in [5.74, 6) is 1.19. The Morgan fingerprint density at radius 2 is 1.78 bits per heavy atom. The number of amides is 1. The van der Waals surface area contributed by atoms with Crippen LogP contribution >= 0.6 is 0 Å². The molecule has 0 spiro atoms.